The first-order valence-corrected chi connectivity index (χ1v) is 8.67. The van der Waals surface area contributed by atoms with Gasteiger partial charge in [-0.05, 0) is 68.2 Å². The van der Waals surface area contributed by atoms with Gasteiger partial charge in [0, 0.05) is 0 Å². The molecule has 4 rings (SSSR count). The summed E-state index contributed by atoms with van der Waals surface area (Å²) in [6, 6.07) is 13.1. The Hall–Kier alpha value is -1.86. The zero-order chi connectivity index (χ0) is 16.2. The third-order valence-corrected chi connectivity index (χ3v) is 4.76. The Balaban J connectivity index is 0.000000136. The maximum Gasteiger partial charge on any atom is 0.0792 e. The van der Waals surface area contributed by atoms with Crippen molar-refractivity contribution in [1.29, 1.82) is 0 Å². The lowest BCUT2D eigenvalue weighted by Gasteiger charge is -2.21. The van der Waals surface area contributed by atoms with E-state index in [1.165, 1.54) is 40.7 Å². The number of fused-ring (bicyclic) bond motifs is 2. The Bertz CT molecular complexity index is 712. The Labute approximate surface area is 139 Å². The molecule has 1 N–H and O–H groups in total. The van der Waals surface area contributed by atoms with E-state index < -0.39 is 0 Å². The zero-order valence-electron chi connectivity index (χ0n) is 14.2. The molecule has 0 saturated carbocycles. The lowest BCUT2D eigenvalue weighted by Crippen LogP contribution is -2.08. The highest BCUT2D eigenvalue weighted by atomic mass is 16.3. The van der Waals surface area contributed by atoms with Crippen LogP contribution < -0.4 is 0 Å². The largest absolute Gasteiger partial charge is 0.388 e. The van der Waals surface area contributed by atoms with E-state index in [0.29, 0.717) is 0 Å². The molecule has 0 heterocycles. The molecular weight excluding hydrogens is 280 g/mol. The van der Waals surface area contributed by atoms with E-state index in [4.69, 9.17) is 0 Å². The predicted octanol–water partition coefficient (Wildman–Crippen LogP) is 5.32. The molecule has 0 amide bonds. The first-order valence-electron chi connectivity index (χ1n) is 8.67. The van der Waals surface area contributed by atoms with Gasteiger partial charge in [0.2, 0.25) is 0 Å². The molecule has 0 saturated heterocycles. The average molecular weight is 306 g/mol. The van der Waals surface area contributed by atoms with Gasteiger partial charge in [0.1, 0.15) is 0 Å². The molecule has 0 aliphatic heterocycles. The smallest absolute Gasteiger partial charge is 0.0792 e. The zero-order valence-corrected chi connectivity index (χ0v) is 14.2. The number of hydrogen-bond acceptors (Lipinski definition) is 1. The summed E-state index contributed by atoms with van der Waals surface area (Å²) < 4.78 is 0. The molecule has 23 heavy (non-hydrogen) atoms. The second-order valence-corrected chi connectivity index (χ2v) is 6.75. The van der Waals surface area contributed by atoms with E-state index >= 15 is 0 Å². The molecule has 2 aliphatic carbocycles. The molecule has 2 aromatic rings. The standard InChI is InChI=1S/C11H14O.C11H12/c1-8-5-6-9-3-2-4-11(12)10(9)7-8;1-9-6-7-10-4-2-3-5-11(10)8-9/h5-7,11-12H,2-4H2,1H3;3,5-8H,2,4H2,1H3. The van der Waals surface area contributed by atoms with Crippen LogP contribution >= 0.6 is 0 Å². The first-order chi connectivity index (χ1) is 11.1. The number of aryl methyl sites for hydroxylation is 4. The number of aliphatic hydroxyl groups is 1. The van der Waals surface area contributed by atoms with Crippen LogP contribution in [0.2, 0.25) is 0 Å². The van der Waals surface area contributed by atoms with E-state index in [-0.39, 0.29) is 6.10 Å². The Kier molecular flexibility index (Phi) is 4.97. The molecule has 1 heteroatoms. The number of rotatable bonds is 0. The molecule has 1 nitrogen and oxygen atoms in total. The van der Waals surface area contributed by atoms with Crippen LogP contribution in [0, 0.1) is 13.8 Å². The van der Waals surface area contributed by atoms with Gasteiger partial charge in [-0.25, -0.2) is 0 Å². The molecular formula is C22H26O. The lowest BCUT2D eigenvalue weighted by molar-refractivity contribution is 0.156. The second kappa shape index (κ2) is 7.14. The van der Waals surface area contributed by atoms with Crippen molar-refractivity contribution in [3.63, 3.8) is 0 Å². The fraction of sp³-hybridized carbons (Fsp3) is 0.364. The SMILES string of the molecule is Cc1ccc2c(c1)C(O)CCC2.Cc1ccc2c(c1)C=CCC2. The summed E-state index contributed by atoms with van der Waals surface area (Å²) in [5.41, 5.74) is 8.00. The van der Waals surface area contributed by atoms with E-state index in [1.807, 2.05) is 0 Å². The maximum absolute atomic E-state index is 9.69. The summed E-state index contributed by atoms with van der Waals surface area (Å²) in [7, 11) is 0. The van der Waals surface area contributed by atoms with Crippen LogP contribution in [0.25, 0.3) is 6.08 Å². The van der Waals surface area contributed by atoms with Gasteiger partial charge in [0.15, 0.2) is 0 Å². The van der Waals surface area contributed by atoms with Gasteiger partial charge in [0.05, 0.1) is 6.10 Å². The number of allylic oxidation sites excluding steroid dienone is 1. The van der Waals surface area contributed by atoms with Crippen LogP contribution in [-0.4, -0.2) is 5.11 Å². The van der Waals surface area contributed by atoms with Crippen molar-refractivity contribution in [3.05, 3.63) is 75.9 Å². The van der Waals surface area contributed by atoms with Crippen LogP contribution in [0.3, 0.4) is 0 Å². The molecule has 0 bridgehead atoms. The minimum Gasteiger partial charge on any atom is -0.388 e. The van der Waals surface area contributed by atoms with E-state index in [2.05, 4.69) is 62.4 Å². The topological polar surface area (TPSA) is 20.2 Å². The molecule has 1 unspecified atom stereocenters. The summed E-state index contributed by atoms with van der Waals surface area (Å²) >= 11 is 0. The first kappa shape index (κ1) is 16.0. The average Bonchev–Trinajstić information content (AvgIpc) is 2.56. The quantitative estimate of drug-likeness (QED) is 0.698. The van der Waals surface area contributed by atoms with Gasteiger partial charge < -0.3 is 5.11 Å². The van der Waals surface area contributed by atoms with Crippen molar-refractivity contribution in [2.24, 2.45) is 0 Å². The lowest BCUT2D eigenvalue weighted by atomic mass is 9.88. The Morgan fingerprint density at radius 2 is 1.65 bits per heavy atom. The molecule has 0 fully saturated rings. The fourth-order valence-corrected chi connectivity index (χ4v) is 3.44. The van der Waals surface area contributed by atoms with Crippen molar-refractivity contribution in [2.45, 2.75) is 52.1 Å². The van der Waals surface area contributed by atoms with Crippen LogP contribution in [-0.2, 0) is 12.8 Å². The molecule has 1 atom stereocenters. The van der Waals surface area contributed by atoms with Gasteiger partial charge in [-0.2, -0.15) is 0 Å². The number of aliphatic hydroxyl groups excluding tert-OH is 1. The van der Waals surface area contributed by atoms with Gasteiger partial charge in [0.25, 0.3) is 0 Å². The van der Waals surface area contributed by atoms with E-state index in [1.54, 1.807) is 0 Å². The maximum atomic E-state index is 9.69. The molecule has 0 radical (unpaired) electrons. The highest BCUT2D eigenvalue weighted by molar-refractivity contribution is 5.57. The van der Waals surface area contributed by atoms with Crippen molar-refractivity contribution >= 4 is 6.08 Å². The van der Waals surface area contributed by atoms with E-state index in [0.717, 1.165) is 24.8 Å². The highest BCUT2D eigenvalue weighted by Crippen LogP contribution is 2.29. The van der Waals surface area contributed by atoms with Crippen molar-refractivity contribution in [3.8, 4) is 0 Å². The van der Waals surface area contributed by atoms with Crippen LogP contribution in [0.5, 0.6) is 0 Å². The monoisotopic (exact) mass is 306 g/mol. The minimum atomic E-state index is -0.214. The summed E-state index contributed by atoms with van der Waals surface area (Å²) in [6.45, 7) is 4.21. The summed E-state index contributed by atoms with van der Waals surface area (Å²) in [5.74, 6) is 0. The Morgan fingerprint density at radius 3 is 2.48 bits per heavy atom. The minimum absolute atomic E-state index is 0.214. The molecule has 2 aliphatic rings. The summed E-state index contributed by atoms with van der Waals surface area (Å²) in [4.78, 5) is 0. The van der Waals surface area contributed by atoms with Crippen LogP contribution in [0.4, 0.5) is 0 Å². The second-order valence-electron chi connectivity index (χ2n) is 6.75. The third kappa shape index (κ3) is 3.92. The highest BCUT2D eigenvalue weighted by Gasteiger charge is 2.16. The van der Waals surface area contributed by atoms with Crippen molar-refractivity contribution < 1.29 is 5.11 Å². The van der Waals surface area contributed by atoms with Gasteiger partial charge in [-0.15, -0.1) is 0 Å². The predicted molar refractivity (Wildman–Crippen MR) is 97.6 cm³/mol. The Morgan fingerprint density at radius 1 is 0.913 bits per heavy atom. The summed E-state index contributed by atoms with van der Waals surface area (Å²) in [5, 5.41) is 9.69. The van der Waals surface area contributed by atoms with E-state index in [9.17, 15) is 5.11 Å². The normalized spacial score (nSPS) is 18.5. The van der Waals surface area contributed by atoms with Gasteiger partial charge in [-0.1, -0.05) is 59.7 Å². The molecule has 0 spiro atoms. The third-order valence-electron chi connectivity index (χ3n) is 4.76. The van der Waals surface area contributed by atoms with Gasteiger partial charge >= 0.3 is 0 Å². The fourth-order valence-electron chi connectivity index (χ4n) is 3.44. The van der Waals surface area contributed by atoms with Crippen molar-refractivity contribution in [2.75, 3.05) is 0 Å². The van der Waals surface area contributed by atoms with Gasteiger partial charge in [-0.3, -0.25) is 0 Å². The molecule has 2 aromatic carbocycles. The number of hydrogen-bond donors (Lipinski definition) is 1. The van der Waals surface area contributed by atoms with Crippen LogP contribution in [0.15, 0.2) is 42.5 Å². The number of benzene rings is 2. The molecule has 0 aromatic heterocycles. The summed E-state index contributed by atoms with van der Waals surface area (Å²) in [6.07, 6.45) is 9.87. The van der Waals surface area contributed by atoms with Crippen LogP contribution in [0.1, 0.15) is 58.7 Å². The molecule has 120 valence electrons. The van der Waals surface area contributed by atoms with Crippen molar-refractivity contribution in [1.82, 2.24) is 0 Å².